The molecule has 18 heavy (non-hydrogen) atoms. The quantitative estimate of drug-likeness (QED) is 0.664. The zero-order valence-electron chi connectivity index (χ0n) is 9.24. The molecule has 1 aliphatic carbocycles. The Morgan fingerprint density at radius 1 is 1.33 bits per heavy atom. The van der Waals surface area contributed by atoms with E-state index in [1.54, 1.807) is 0 Å². The van der Waals surface area contributed by atoms with E-state index in [9.17, 15) is 18.4 Å². The SMILES string of the molecule is O=C=NC1(c2cc(F)c(C(=O)O)c(F)c2)CCC1. The van der Waals surface area contributed by atoms with Crippen molar-refractivity contribution < 1.29 is 23.5 Å². The van der Waals surface area contributed by atoms with Gasteiger partial charge in [-0.05, 0) is 37.0 Å². The molecule has 1 saturated carbocycles. The van der Waals surface area contributed by atoms with E-state index in [0.717, 1.165) is 18.6 Å². The van der Waals surface area contributed by atoms with Crippen LogP contribution in [-0.4, -0.2) is 17.2 Å². The third kappa shape index (κ3) is 1.80. The molecule has 0 amide bonds. The van der Waals surface area contributed by atoms with Gasteiger partial charge in [0.05, 0.1) is 5.54 Å². The molecular weight excluding hydrogens is 244 g/mol. The van der Waals surface area contributed by atoms with Crippen molar-refractivity contribution in [1.82, 2.24) is 0 Å². The van der Waals surface area contributed by atoms with E-state index in [2.05, 4.69) is 4.99 Å². The van der Waals surface area contributed by atoms with Gasteiger partial charge in [0.15, 0.2) is 0 Å². The molecule has 6 heteroatoms. The first kappa shape index (κ1) is 12.4. The first-order valence-electron chi connectivity index (χ1n) is 5.32. The molecule has 0 bridgehead atoms. The van der Waals surface area contributed by atoms with Crippen molar-refractivity contribution in [3.8, 4) is 0 Å². The Balaban J connectivity index is 2.54. The maximum absolute atomic E-state index is 13.5. The smallest absolute Gasteiger partial charge is 0.341 e. The van der Waals surface area contributed by atoms with Crippen molar-refractivity contribution in [3.63, 3.8) is 0 Å². The Morgan fingerprint density at radius 2 is 1.89 bits per heavy atom. The lowest BCUT2D eigenvalue weighted by atomic mass is 9.72. The van der Waals surface area contributed by atoms with Crippen LogP contribution < -0.4 is 0 Å². The zero-order chi connectivity index (χ0) is 13.3. The van der Waals surface area contributed by atoms with Gasteiger partial charge in [-0.3, -0.25) is 0 Å². The molecule has 1 aliphatic rings. The standard InChI is InChI=1S/C12H9F2NO3/c13-8-4-7(5-9(14)10(8)11(17)18)12(15-6-16)2-1-3-12/h4-5H,1-3H2,(H,17,18). The van der Waals surface area contributed by atoms with Gasteiger partial charge in [-0.1, -0.05) is 0 Å². The number of aromatic carboxylic acids is 1. The van der Waals surface area contributed by atoms with Gasteiger partial charge in [-0.2, -0.15) is 4.99 Å². The second-order valence-electron chi connectivity index (χ2n) is 4.21. The van der Waals surface area contributed by atoms with Crippen LogP contribution in [0.2, 0.25) is 0 Å². The number of hydrogen-bond donors (Lipinski definition) is 1. The predicted octanol–water partition coefficient (Wildman–Crippen LogP) is 2.38. The molecular formula is C12H9F2NO3. The Kier molecular flexibility index (Phi) is 2.97. The van der Waals surface area contributed by atoms with Crippen molar-refractivity contribution in [2.24, 2.45) is 4.99 Å². The first-order valence-corrected chi connectivity index (χ1v) is 5.32. The van der Waals surface area contributed by atoms with Gasteiger partial charge in [-0.25, -0.2) is 18.4 Å². The van der Waals surface area contributed by atoms with Gasteiger partial charge in [0.1, 0.15) is 17.2 Å². The second kappa shape index (κ2) is 4.31. The maximum atomic E-state index is 13.5. The zero-order valence-corrected chi connectivity index (χ0v) is 9.24. The molecule has 1 fully saturated rings. The number of aliphatic imine (C=N–C) groups is 1. The van der Waals surface area contributed by atoms with E-state index in [1.165, 1.54) is 6.08 Å². The monoisotopic (exact) mass is 253 g/mol. The normalized spacial score (nSPS) is 16.6. The summed E-state index contributed by atoms with van der Waals surface area (Å²) >= 11 is 0. The highest BCUT2D eigenvalue weighted by Crippen LogP contribution is 2.45. The minimum atomic E-state index is -1.67. The Hall–Kier alpha value is -2.07. The summed E-state index contributed by atoms with van der Waals surface area (Å²) in [5.41, 5.74) is -1.76. The van der Waals surface area contributed by atoms with E-state index in [0.29, 0.717) is 12.8 Å². The number of hydrogen-bond acceptors (Lipinski definition) is 3. The predicted molar refractivity (Wildman–Crippen MR) is 57.0 cm³/mol. The van der Waals surface area contributed by atoms with Gasteiger partial charge < -0.3 is 5.11 Å². The molecule has 0 unspecified atom stereocenters. The molecule has 0 aromatic heterocycles. The summed E-state index contributed by atoms with van der Waals surface area (Å²) in [7, 11) is 0. The second-order valence-corrected chi connectivity index (χ2v) is 4.21. The summed E-state index contributed by atoms with van der Waals surface area (Å²) in [4.78, 5) is 24.6. The number of carboxylic acids is 1. The topological polar surface area (TPSA) is 66.7 Å². The third-order valence-electron chi connectivity index (χ3n) is 3.23. The highest BCUT2D eigenvalue weighted by Gasteiger charge is 2.40. The maximum Gasteiger partial charge on any atom is 0.341 e. The highest BCUT2D eigenvalue weighted by atomic mass is 19.1. The highest BCUT2D eigenvalue weighted by molar-refractivity contribution is 5.88. The van der Waals surface area contributed by atoms with Gasteiger partial charge in [0.2, 0.25) is 6.08 Å². The molecule has 0 atom stereocenters. The van der Waals surface area contributed by atoms with Crippen molar-refractivity contribution in [2.45, 2.75) is 24.8 Å². The molecule has 94 valence electrons. The first-order chi connectivity index (χ1) is 8.50. The van der Waals surface area contributed by atoms with Gasteiger partial charge in [-0.15, -0.1) is 0 Å². The fourth-order valence-electron chi connectivity index (χ4n) is 2.11. The molecule has 1 aromatic rings. The Bertz CT molecular complexity index is 537. The third-order valence-corrected chi connectivity index (χ3v) is 3.23. The van der Waals surface area contributed by atoms with Crippen LogP contribution in [0.1, 0.15) is 35.2 Å². The van der Waals surface area contributed by atoms with Crippen LogP contribution in [-0.2, 0) is 10.3 Å². The fourth-order valence-corrected chi connectivity index (χ4v) is 2.11. The number of isocyanates is 1. The van der Waals surface area contributed by atoms with Crippen molar-refractivity contribution in [3.05, 3.63) is 34.9 Å². The molecule has 0 aliphatic heterocycles. The lowest BCUT2D eigenvalue weighted by Gasteiger charge is -2.37. The molecule has 1 N–H and O–H groups in total. The average Bonchev–Trinajstić information content (AvgIpc) is 2.21. The van der Waals surface area contributed by atoms with Crippen LogP contribution in [0.4, 0.5) is 8.78 Å². The van der Waals surface area contributed by atoms with E-state index in [4.69, 9.17) is 5.11 Å². The summed E-state index contributed by atoms with van der Waals surface area (Å²) < 4.78 is 27.1. The number of benzene rings is 1. The van der Waals surface area contributed by atoms with Crippen LogP contribution in [0.5, 0.6) is 0 Å². The summed E-state index contributed by atoms with van der Waals surface area (Å²) in [5, 5.41) is 8.65. The van der Waals surface area contributed by atoms with Gasteiger partial charge >= 0.3 is 5.97 Å². The molecule has 0 saturated heterocycles. The van der Waals surface area contributed by atoms with Gasteiger partial charge in [0.25, 0.3) is 0 Å². The minimum absolute atomic E-state index is 0.178. The number of nitrogens with zero attached hydrogens (tertiary/aromatic N) is 1. The van der Waals surface area contributed by atoms with Crippen LogP contribution in [0.3, 0.4) is 0 Å². The molecule has 4 nitrogen and oxygen atoms in total. The number of halogens is 2. The van der Waals surface area contributed by atoms with Crippen LogP contribution in [0, 0.1) is 11.6 Å². The fraction of sp³-hybridized carbons (Fsp3) is 0.333. The van der Waals surface area contributed by atoms with Crippen LogP contribution >= 0.6 is 0 Å². The van der Waals surface area contributed by atoms with E-state index < -0.39 is 28.7 Å². The Labute approximate surface area is 101 Å². The molecule has 2 rings (SSSR count). The molecule has 1 aromatic carbocycles. The van der Waals surface area contributed by atoms with Gasteiger partial charge in [0, 0.05) is 0 Å². The lowest BCUT2D eigenvalue weighted by molar-refractivity contribution is 0.0686. The lowest BCUT2D eigenvalue weighted by Crippen LogP contribution is -2.32. The molecule has 0 spiro atoms. The summed E-state index contributed by atoms with van der Waals surface area (Å²) in [6.07, 6.45) is 3.17. The molecule has 0 heterocycles. The number of carbonyl (C=O) groups excluding carboxylic acids is 1. The van der Waals surface area contributed by atoms with Crippen LogP contribution in [0.15, 0.2) is 17.1 Å². The van der Waals surface area contributed by atoms with E-state index in [1.807, 2.05) is 0 Å². The van der Waals surface area contributed by atoms with E-state index >= 15 is 0 Å². The largest absolute Gasteiger partial charge is 0.477 e. The van der Waals surface area contributed by atoms with Crippen LogP contribution in [0.25, 0.3) is 0 Å². The summed E-state index contributed by atoms with van der Waals surface area (Å²) in [5.74, 6) is -3.99. The average molecular weight is 253 g/mol. The summed E-state index contributed by atoms with van der Waals surface area (Å²) in [6.45, 7) is 0. The van der Waals surface area contributed by atoms with Crippen molar-refractivity contribution in [2.75, 3.05) is 0 Å². The minimum Gasteiger partial charge on any atom is -0.477 e. The molecule has 0 radical (unpaired) electrons. The van der Waals surface area contributed by atoms with Crippen molar-refractivity contribution in [1.29, 1.82) is 0 Å². The van der Waals surface area contributed by atoms with Crippen molar-refractivity contribution >= 4 is 12.0 Å². The summed E-state index contributed by atoms with van der Waals surface area (Å²) in [6, 6.07) is 1.85. The Morgan fingerprint density at radius 3 is 2.22 bits per heavy atom. The van der Waals surface area contributed by atoms with E-state index in [-0.39, 0.29) is 5.56 Å². The number of carbonyl (C=O) groups is 1. The number of rotatable bonds is 3. The number of carboxylic acid groups (broad SMARTS) is 1.